The van der Waals surface area contributed by atoms with Crippen LogP contribution in [0.4, 0.5) is 0 Å². The topological polar surface area (TPSA) is 42.0 Å². The fraction of sp³-hybridized carbons (Fsp3) is 0.381. The van der Waals surface area contributed by atoms with Gasteiger partial charge in [-0.25, -0.2) is 0 Å². The summed E-state index contributed by atoms with van der Waals surface area (Å²) in [5.74, 6) is 1.51. The van der Waals surface area contributed by atoms with Gasteiger partial charge in [-0.3, -0.25) is 9.69 Å². The standard InChI is InChI=1S/C21H24Cl2N2O3/c1-24(11-14-4-5-17(22)18(23)8-14)13-21(26)25-7-6-15-9-19(27-2)20(28-3)10-16(15)12-25/h4-5,8-10H,6-7,11-13H2,1-3H3. The van der Waals surface area contributed by atoms with Crippen LogP contribution in [-0.4, -0.2) is 50.1 Å². The zero-order valence-corrected chi connectivity index (χ0v) is 17.8. The molecular weight excluding hydrogens is 399 g/mol. The Morgan fingerprint density at radius 1 is 1.07 bits per heavy atom. The Balaban J connectivity index is 1.63. The highest BCUT2D eigenvalue weighted by molar-refractivity contribution is 6.42. The summed E-state index contributed by atoms with van der Waals surface area (Å²) < 4.78 is 10.8. The summed E-state index contributed by atoms with van der Waals surface area (Å²) in [6.07, 6.45) is 0.804. The van der Waals surface area contributed by atoms with Crippen molar-refractivity contribution in [2.75, 3.05) is 34.4 Å². The fourth-order valence-electron chi connectivity index (χ4n) is 3.43. The normalized spacial score (nSPS) is 13.4. The maximum absolute atomic E-state index is 12.8. The van der Waals surface area contributed by atoms with E-state index in [2.05, 4.69) is 0 Å². The average Bonchev–Trinajstić information content (AvgIpc) is 2.69. The lowest BCUT2D eigenvalue weighted by Gasteiger charge is -2.31. The monoisotopic (exact) mass is 422 g/mol. The van der Waals surface area contributed by atoms with Crippen LogP contribution in [0.25, 0.3) is 0 Å². The van der Waals surface area contributed by atoms with Crippen LogP contribution in [0.5, 0.6) is 11.5 Å². The van der Waals surface area contributed by atoms with E-state index < -0.39 is 0 Å². The number of amides is 1. The van der Waals surface area contributed by atoms with E-state index in [1.807, 2.05) is 41.1 Å². The Kier molecular flexibility index (Phi) is 6.70. The molecule has 5 nitrogen and oxygen atoms in total. The van der Waals surface area contributed by atoms with Gasteiger partial charge >= 0.3 is 0 Å². The van der Waals surface area contributed by atoms with Crippen molar-refractivity contribution in [2.45, 2.75) is 19.5 Å². The minimum absolute atomic E-state index is 0.1000. The van der Waals surface area contributed by atoms with E-state index in [0.29, 0.717) is 42.0 Å². The van der Waals surface area contributed by atoms with Gasteiger partial charge in [-0.05, 0) is 54.4 Å². The molecule has 0 aliphatic carbocycles. The molecule has 0 unspecified atom stereocenters. The predicted octanol–water partition coefficient (Wildman–Crippen LogP) is 4.03. The number of ether oxygens (including phenoxy) is 2. The molecule has 0 aromatic heterocycles. The first-order valence-corrected chi connectivity index (χ1v) is 9.81. The smallest absolute Gasteiger partial charge is 0.237 e. The number of rotatable bonds is 6. The number of hydrogen-bond donors (Lipinski definition) is 0. The Bertz CT molecular complexity index is 873. The zero-order chi connectivity index (χ0) is 20.3. The summed E-state index contributed by atoms with van der Waals surface area (Å²) in [5.41, 5.74) is 3.32. The molecule has 1 aliphatic heterocycles. The number of benzene rings is 2. The van der Waals surface area contributed by atoms with E-state index in [1.54, 1.807) is 20.3 Å². The maximum Gasteiger partial charge on any atom is 0.237 e. The fourth-order valence-corrected chi connectivity index (χ4v) is 3.75. The second-order valence-electron chi connectivity index (χ2n) is 6.96. The van der Waals surface area contributed by atoms with Crippen molar-refractivity contribution in [2.24, 2.45) is 0 Å². The lowest BCUT2D eigenvalue weighted by molar-refractivity contribution is -0.133. The first-order chi connectivity index (χ1) is 13.4. The quantitative estimate of drug-likeness (QED) is 0.704. The number of carbonyl (C=O) groups is 1. The van der Waals surface area contributed by atoms with Crippen LogP contribution in [0, 0.1) is 0 Å². The summed E-state index contributed by atoms with van der Waals surface area (Å²) in [5, 5.41) is 1.05. The first-order valence-electron chi connectivity index (χ1n) is 9.05. The average molecular weight is 423 g/mol. The molecule has 0 saturated heterocycles. The molecule has 150 valence electrons. The number of fused-ring (bicyclic) bond motifs is 1. The van der Waals surface area contributed by atoms with Crippen molar-refractivity contribution in [3.8, 4) is 11.5 Å². The predicted molar refractivity (Wildman–Crippen MR) is 111 cm³/mol. The van der Waals surface area contributed by atoms with Gasteiger partial charge in [0.2, 0.25) is 5.91 Å². The van der Waals surface area contributed by atoms with Crippen LogP contribution in [0.1, 0.15) is 16.7 Å². The van der Waals surface area contributed by atoms with Gasteiger partial charge in [0, 0.05) is 19.6 Å². The van der Waals surface area contributed by atoms with Gasteiger partial charge in [-0.15, -0.1) is 0 Å². The molecule has 0 bridgehead atoms. The molecule has 0 spiro atoms. The summed E-state index contributed by atoms with van der Waals surface area (Å²) in [6, 6.07) is 9.51. The molecule has 0 atom stereocenters. The molecule has 2 aromatic rings. The highest BCUT2D eigenvalue weighted by Gasteiger charge is 2.23. The lowest BCUT2D eigenvalue weighted by Crippen LogP contribution is -2.41. The van der Waals surface area contributed by atoms with Gasteiger partial charge in [0.15, 0.2) is 11.5 Å². The molecule has 1 heterocycles. The number of methoxy groups -OCH3 is 2. The molecule has 1 aliphatic rings. The summed E-state index contributed by atoms with van der Waals surface area (Å²) in [4.78, 5) is 16.7. The van der Waals surface area contributed by atoms with Crippen LogP contribution < -0.4 is 9.47 Å². The Morgan fingerprint density at radius 3 is 2.39 bits per heavy atom. The Hall–Kier alpha value is -1.95. The number of likely N-dealkylation sites (N-methyl/N-ethyl adjacent to an activating group) is 1. The number of halogens is 2. The Labute approximate surface area is 175 Å². The van der Waals surface area contributed by atoms with Gasteiger partial charge < -0.3 is 14.4 Å². The molecule has 3 rings (SSSR count). The van der Waals surface area contributed by atoms with E-state index in [4.69, 9.17) is 32.7 Å². The molecule has 7 heteroatoms. The van der Waals surface area contributed by atoms with E-state index in [-0.39, 0.29) is 5.91 Å². The van der Waals surface area contributed by atoms with Gasteiger partial charge in [0.1, 0.15) is 0 Å². The van der Waals surface area contributed by atoms with Crippen molar-refractivity contribution < 1.29 is 14.3 Å². The Morgan fingerprint density at radius 2 is 1.75 bits per heavy atom. The largest absolute Gasteiger partial charge is 0.493 e. The van der Waals surface area contributed by atoms with Gasteiger partial charge in [0.25, 0.3) is 0 Å². The van der Waals surface area contributed by atoms with Gasteiger partial charge in [-0.2, -0.15) is 0 Å². The highest BCUT2D eigenvalue weighted by atomic mass is 35.5. The van der Waals surface area contributed by atoms with Crippen LogP contribution >= 0.6 is 23.2 Å². The van der Waals surface area contributed by atoms with E-state index in [1.165, 1.54) is 5.56 Å². The van der Waals surface area contributed by atoms with Crippen molar-refractivity contribution in [3.05, 3.63) is 57.1 Å². The van der Waals surface area contributed by atoms with Crippen LogP contribution in [0.2, 0.25) is 10.0 Å². The maximum atomic E-state index is 12.8. The van der Waals surface area contributed by atoms with Crippen molar-refractivity contribution in [3.63, 3.8) is 0 Å². The van der Waals surface area contributed by atoms with E-state index >= 15 is 0 Å². The molecule has 1 amide bonds. The van der Waals surface area contributed by atoms with Crippen LogP contribution in [0.15, 0.2) is 30.3 Å². The molecule has 0 N–H and O–H groups in total. The summed E-state index contributed by atoms with van der Waals surface area (Å²) in [7, 11) is 5.17. The van der Waals surface area contributed by atoms with Crippen molar-refractivity contribution >= 4 is 29.1 Å². The third-order valence-corrected chi connectivity index (χ3v) is 5.65. The molecule has 2 aromatic carbocycles. The molecule has 0 fully saturated rings. The van der Waals surface area contributed by atoms with Gasteiger partial charge in [0.05, 0.1) is 30.8 Å². The zero-order valence-electron chi connectivity index (χ0n) is 16.3. The molecule has 28 heavy (non-hydrogen) atoms. The third kappa shape index (κ3) is 4.72. The van der Waals surface area contributed by atoms with Crippen molar-refractivity contribution in [1.82, 2.24) is 9.80 Å². The van der Waals surface area contributed by atoms with Crippen LogP contribution in [-0.2, 0) is 24.3 Å². The SMILES string of the molecule is COc1cc2c(cc1OC)CN(C(=O)CN(C)Cc1ccc(Cl)c(Cl)c1)CC2. The van der Waals surface area contributed by atoms with Crippen molar-refractivity contribution in [1.29, 1.82) is 0 Å². The van der Waals surface area contributed by atoms with Crippen LogP contribution in [0.3, 0.4) is 0 Å². The minimum atomic E-state index is 0.1000. The second kappa shape index (κ2) is 9.03. The summed E-state index contributed by atoms with van der Waals surface area (Å²) >= 11 is 12.0. The number of hydrogen-bond acceptors (Lipinski definition) is 4. The first kappa shape index (κ1) is 20.8. The minimum Gasteiger partial charge on any atom is -0.493 e. The van der Waals surface area contributed by atoms with E-state index in [9.17, 15) is 4.79 Å². The third-order valence-electron chi connectivity index (χ3n) is 4.91. The number of nitrogens with zero attached hydrogens (tertiary/aromatic N) is 2. The second-order valence-corrected chi connectivity index (χ2v) is 7.78. The number of carbonyl (C=O) groups excluding carboxylic acids is 1. The van der Waals surface area contributed by atoms with Gasteiger partial charge in [-0.1, -0.05) is 29.3 Å². The van der Waals surface area contributed by atoms with E-state index in [0.717, 1.165) is 23.3 Å². The highest BCUT2D eigenvalue weighted by Crippen LogP contribution is 2.33. The molecular formula is C21H24Cl2N2O3. The lowest BCUT2D eigenvalue weighted by atomic mass is 9.98. The molecule has 0 saturated carbocycles. The molecule has 0 radical (unpaired) electrons. The summed E-state index contributed by atoms with van der Waals surface area (Å²) in [6.45, 7) is 2.23.